The molecule has 6 heteroatoms. The van der Waals surface area contributed by atoms with Crippen LogP contribution in [0.4, 0.5) is 5.69 Å². The monoisotopic (exact) mass is 444 g/mol. The number of hydrogen-bond donors (Lipinski definition) is 2. The topological polar surface area (TPSA) is 56.7 Å². The summed E-state index contributed by atoms with van der Waals surface area (Å²) in [5, 5.41) is 6.63. The summed E-state index contributed by atoms with van der Waals surface area (Å²) in [6, 6.07) is 8.12. The van der Waals surface area contributed by atoms with E-state index in [2.05, 4.69) is 43.3 Å². The second-order valence-corrected chi connectivity index (χ2v) is 6.89. The summed E-state index contributed by atoms with van der Waals surface area (Å²) in [6.45, 7) is 10.7. The number of nitrogens with zero attached hydrogens (tertiary/aromatic N) is 2. The van der Waals surface area contributed by atoms with E-state index in [1.54, 1.807) is 0 Å². The Bertz CT molecular complexity index is 563. The number of guanidine groups is 1. The van der Waals surface area contributed by atoms with Crippen molar-refractivity contribution in [3.8, 4) is 0 Å². The van der Waals surface area contributed by atoms with Gasteiger partial charge in [-0.05, 0) is 51.8 Å². The molecule has 1 aliphatic rings. The van der Waals surface area contributed by atoms with Crippen LogP contribution in [0.5, 0.6) is 0 Å². The molecule has 5 nitrogen and oxygen atoms in total. The molecule has 0 aromatic heterocycles. The molecule has 2 N–H and O–H groups in total. The average molecular weight is 444 g/mol. The summed E-state index contributed by atoms with van der Waals surface area (Å²) in [4.78, 5) is 18.3. The SMILES string of the molecule is CCNC(=NCc1ccc(N2CCCC2=O)cc1)NC(C)(C)C.I. The lowest BCUT2D eigenvalue weighted by atomic mass is 10.1. The highest BCUT2D eigenvalue weighted by Crippen LogP contribution is 2.21. The fourth-order valence-electron chi connectivity index (χ4n) is 2.54. The molecule has 0 spiro atoms. The van der Waals surface area contributed by atoms with Gasteiger partial charge in [0.25, 0.3) is 0 Å². The Hall–Kier alpha value is -1.31. The summed E-state index contributed by atoms with van der Waals surface area (Å²) < 4.78 is 0. The van der Waals surface area contributed by atoms with Crippen LogP contribution in [0, 0.1) is 0 Å². The quantitative estimate of drug-likeness (QED) is 0.426. The summed E-state index contributed by atoms with van der Waals surface area (Å²) in [6.07, 6.45) is 1.62. The van der Waals surface area contributed by atoms with Crippen molar-refractivity contribution < 1.29 is 4.79 Å². The van der Waals surface area contributed by atoms with E-state index in [4.69, 9.17) is 0 Å². The Morgan fingerprint density at radius 3 is 2.42 bits per heavy atom. The first-order chi connectivity index (χ1) is 10.9. The van der Waals surface area contributed by atoms with E-state index in [1.807, 2.05) is 29.2 Å². The Labute approximate surface area is 162 Å². The molecule has 1 heterocycles. The molecule has 0 unspecified atom stereocenters. The lowest BCUT2D eigenvalue weighted by Gasteiger charge is -2.23. The van der Waals surface area contributed by atoms with Crippen molar-refractivity contribution >= 4 is 41.5 Å². The zero-order chi connectivity index (χ0) is 16.9. The van der Waals surface area contributed by atoms with Gasteiger partial charge in [0.1, 0.15) is 0 Å². The molecule has 0 aliphatic carbocycles. The molecule has 1 aliphatic heterocycles. The van der Waals surface area contributed by atoms with Crippen molar-refractivity contribution in [3.05, 3.63) is 29.8 Å². The number of anilines is 1. The fraction of sp³-hybridized carbons (Fsp3) is 0.556. The van der Waals surface area contributed by atoms with Gasteiger partial charge in [-0.2, -0.15) is 0 Å². The lowest BCUT2D eigenvalue weighted by molar-refractivity contribution is -0.117. The highest BCUT2D eigenvalue weighted by atomic mass is 127. The minimum atomic E-state index is -0.0268. The summed E-state index contributed by atoms with van der Waals surface area (Å²) in [5.74, 6) is 1.04. The van der Waals surface area contributed by atoms with Crippen LogP contribution in [-0.2, 0) is 11.3 Å². The van der Waals surface area contributed by atoms with E-state index >= 15 is 0 Å². The minimum absolute atomic E-state index is 0. The number of carbonyl (C=O) groups is 1. The number of halogens is 1. The number of benzene rings is 1. The molecule has 1 fully saturated rings. The average Bonchev–Trinajstić information content (AvgIpc) is 2.90. The fourth-order valence-corrected chi connectivity index (χ4v) is 2.54. The third-order valence-corrected chi connectivity index (χ3v) is 3.58. The van der Waals surface area contributed by atoms with E-state index < -0.39 is 0 Å². The second kappa shape index (κ2) is 9.25. The first-order valence-electron chi connectivity index (χ1n) is 8.35. The molecule has 0 atom stereocenters. The maximum Gasteiger partial charge on any atom is 0.227 e. The van der Waals surface area contributed by atoms with Gasteiger partial charge < -0.3 is 15.5 Å². The van der Waals surface area contributed by atoms with Crippen molar-refractivity contribution in [1.82, 2.24) is 10.6 Å². The molecule has 0 saturated carbocycles. The van der Waals surface area contributed by atoms with Crippen LogP contribution in [0.2, 0.25) is 0 Å². The molecular weight excluding hydrogens is 415 g/mol. The minimum Gasteiger partial charge on any atom is -0.357 e. The molecule has 1 aromatic rings. The van der Waals surface area contributed by atoms with Gasteiger partial charge in [-0.3, -0.25) is 4.79 Å². The molecule has 0 radical (unpaired) electrons. The lowest BCUT2D eigenvalue weighted by Crippen LogP contribution is -2.47. The van der Waals surface area contributed by atoms with Gasteiger partial charge in [-0.1, -0.05) is 12.1 Å². The molecule has 2 rings (SSSR count). The second-order valence-electron chi connectivity index (χ2n) is 6.89. The Balaban J connectivity index is 0.00000288. The molecular formula is C18H29IN4O. The normalized spacial score (nSPS) is 15.2. The van der Waals surface area contributed by atoms with Crippen molar-refractivity contribution in [1.29, 1.82) is 0 Å². The molecule has 0 bridgehead atoms. The maximum atomic E-state index is 11.8. The smallest absolute Gasteiger partial charge is 0.227 e. The molecule has 1 saturated heterocycles. The van der Waals surface area contributed by atoms with Gasteiger partial charge in [0.2, 0.25) is 5.91 Å². The maximum absolute atomic E-state index is 11.8. The molecule has 1 amide bonds. The van der Waals surface area contributed by atoms with E-state index in [0.717, 1.165) is 36.7 Å². The Morgan fingerprint density at radius 2 is 1.92 bits per heavy atom. The predicted molar refractivity (Wildman–Crippen MR) is 111 cm³/mol. The van der Waals surface area contributed by atoms with Crippen LogP contribution < -0.4 is 15.5 Å². The van der Waals surface area contributed by atoms with E-state index in [0.29, 0.717) is 13.0 Å². The third-order valence-electron chi connectivity index (χ3n) is 3.58. The van der Waals surface area contributed by atoms with Crippen molar-refractivity contribution in [2.75, 3.05) is 18.0 Å². The highest BCUT2D eigenvalue weighted by Gasteiger charge is 2.21. The van der Waals surface area contributed by atoms with E-state index in [9.17, 15) is 4.79 Å². The summed E-state index contributed by atoms with van der Waals surface area (Å²) in [7, 11) is 0. The largest absolute Gasteiger partial charge is 0.357 e. The van der Waals surface area contributed by atoms with Gasteiger partial charge >= 0.3 is 0 Å². The third kappa shape index (κ3) is 6.30. The van der Waals surface area contributed by atoms with Crippen LogP contribution in [-0.4, -0.2) is 30.5 Å². The highest BCUT2D eigenvalue weighted by molar-refractivity contribution is 14.0. The Morgan fingerprint density at radius 1 is 1.25 bits per heavy atom. The first-order valence-corrected chi connectivity index (χ1v) is 8.35. The zero-order valence-electron chi connectivity index (χ0n) is 15.1. The van der Waals surface area contributed by atoms with E-state index in [-0.39, 0.29) is 35.4 Å². The van der Waals surface area contributed by atoms with Crippen molar-refractivity contribution in [3.63, 3.8) is 0 Å². The number of aliphatic imine (C=N–C) groups is 1. The number of nitrogens with one attached hydrogen (secondary N) is 2. The van der Waals surface area contributed by atoms with Gasteiger partial charge in [-0.15, -0.1) is 24.0 Å². The molecule has 24 heavy (non-hydrogen) atoms. The van der Waals surface area contributed by atoms with Gasteiger partial charge in [0.15, 0.2) is 5.96 Å². The van der Waals surface area contributed by atoms with E-state index in [1.165, 1.54) is 0 Å². The van der Waals surface area contributed by atoms with Crippen LogP contribution >= 0.6 is 24.0 Å². The molecule has 134 valence electrons. The zero-order valence-corrected chi connectivity index (χ0v) is 17.4. The molecule has 1 aromatic carbocycles. The number of carbonyl (C=O) groups excluding carboxylic acids is 1. The predicted octanol–water partition coefficient (Wildman–Crippen LogP) is 3.29. The summed E-state index contributed by atoms with van der Waals surface area (Å²) in [5.41, 5.74) is 2.09. The summed E-state index contributed by atoms with van der Waals surface area (Å²) >= 11 is 0. The van der Waals surface area contributed by atoms with Crippen LogP contribution in [0.25, 0.3) is 0 Å². The number of amides is 1. The Kier molecular flexibility index (Phi) is 7.99. The van der Waals surface area contributed by atoms with Gasteiger partial charge in [0.05, 0.1) is 6.54 Å². The van der Waals surface area contributed by atoms with Crippen LogP contribution in [0.15, 0.2) is 29.3 Å². The van der Waals surface area contributed by atoms with Gasteiger partial charge in [-0.25, -0.2) is 4.99 Å². The van der Waals surface area contributed by atoms with Crippen LogP contribution in [0.1, 0.15) is 46.1 Å². The van der Waals surface area contributed by atoms with Crippen LogP contribution in [0.3, 0.4) is 0 Å². The number of rotatable bonds is 4. The van der Waals surface area contributed by atoms with Crippen molar-refractivity contribution in [2.45, 2.75) is 52.6 Å². The first kappa shape index (κ1) is 20.7. The standard InChI is InChI=1S/C18H28N4O.HI/c1-5-19-17(21-18(2,3)4)20-13-14-8-10-15(11-9-14)22-12-6-7-16(22)23;/h8-11H,5-7,12-13H2,1-4H3,(H2,19,20,21);1H. The van der Waals surface area contributed by atoms with Crippen molar-refractivity contribution in [2.24, 2.45) is 4.99 Å². The van der Waals surface area contributed by atoms with Gasteiger partial charge in [0, 0.05) is 30.7 Å². The number of hydrogen-bond acceptors (Lipinski definition) is 2.